The average Bonchev–Trinajstić information content (AvgIpc) is 2.61. The van der Waals surface area contributed by atoms with Crippen LogP contribution in [0.3, 0.4) is 0 Å². The van der Waals surface area contributed by atoms with Gasteiger partial charge in [0.25, 0.3) is 0 Å². The van der Waals surface area contributed by atoms with Gasteiger partial charge in [-0.3, -0.25) is 0 Å². The molecule has 1 aromatic carbocycles. The number of hydrogen-bond acceptors (Lipinski definition) is 3. The first kappa shape index (κ1) is 8.53. The fourth-order valence-electron chi connectivity index (χ4n) is 1.10. The molecule has 66 valence electrons. The number of halogens is 1. The highest BCUT2D eigenvalue weighted by Crippen LogP contribution is 2.27. The maximum absolute atomic E-state index is 5.85. The summed E-state index contributed by atoms with van der Waals surface area (Å²) in [6.45, 7) is 0. The Hall–Kier alpha value is -1.06. The fourth-order valence-corrected chi connectivity index (χ4v) is 1.80. The van der Waals surface area contributed by atoms with E-state index in [4.69, 9.17) is 17.3 Å². The topological polar surface area (TPSA) is 38.9 Å². The zero-order valence-electron chi connectivity index (χ0n) is 6.70. The SMILES string of the molecule is Nc1ccc(Cl)cc1-c1ccsn1. The van der Waals surface area contributed by atoms with Crippen molar-refractivity contribution >= 4 is 28.8 Å². The van der Waals surface area contributed by atoms with E-state index in [1.54, 1.807) is 12.1 Å². The number of nitrogen functional groups attached to an aromatic ring is 1. The zero-order valence-corrected chi connectivity index (χ0v) is 8.27. The third-order valence-electron chi connectivity index (χ3n) is 1.73. The fraction of sp³-hybridized carbons (Fsp3) is 0. The molecule has 0 saturated carbocycles. The first-order chi connectivity index (χ1) is 6.27. The summed E-state index contributed by atoms with van der Waals surface area (Å²) in [5.41, 5.74) is 8.27. The van der Waals surface area contributed by atoms with Crippen LogP contribution in [0.5, 0.6) is 0 Å². The van der Waals surface area contributed by atoms with Crippen molar-refractivity contribution in [3.63, 3.8) is 0 Å². The molecule has 0 fully saturated rings. The minimum atomic E-state index is 0.678. The van der Waals surface area contributed by atoms with E-state index in [2.05, 4.69) is 4.37 Å². The van der Waals surface area contributed by atoms with Crippen LogP contribution in [0.25, 0.3) is 11.3 Å². The van der Waals surface area contributed by atoms with Gasteiger partial charge in [-0.2, -0.15) is 4.37 Å². The van der Waals surface area contributed by atoms with E-state index in [-0.39, 0.29) is 0 Å². The summed E-state index contributed by atoms with van der Waals surface area (Å²) >= 11 is 7.25. The molecule has 0 bridgehead atoms. The minimum Gasteiger partial charge on any atom is -0.398 e. The summed E-state index contributed by atoms with van der Waals surface area (Å²) in [5.74, 6) is 0. The second-order valence-corrected chi connectivity index (χ2v) is 3.72. The standard InChI is InChI=1S/C9H7ClN2S/c10-6-1-2-8(11)7(5-6)9-3-4-13-12-9/h1-5H,11H2. The smallest absolute Gasteiger partial charge is 0.0861 e. The molecule has 13 heavy (non-hydrogen) atoms. The summed E-state index contributed by atoms with van der Waals surface area (Å²) in [6.07, 6.45) is 0. The summed E-state index contributed by atoms with van der Waals surface area (Å²) < 4.78 is 4.19. The molecule has 0 atom stereocenters. The summed E-state index contributed by atoms with van der Waals surface area (Å²) in [6, 6.07) is 7.31. The second-order valence-electron chi connectivity index (χ2n) is 2.62. The monoisotopic (exact) mass is 210 g/mol. The Balaban J connectivity index is 2.57. The Morgan fingerprint density at radius 3 is 2.85 bits per heavy atom. The van der Waals surface area contributed by atoms with E-state index in [1.165, 1.54) is 11.5 Å². The zero-order chi connectivity index (χ0) is 9.26. The number of rotatable bonds is 1. The molecule has 4 heteroatoms. The lowest BCUT2D eigenvalue weighted by Gasteiger charge is -2.01. The molecular formula is C9H7ClN2S. The van der Waals surface area contributed by atoms with Gasteiger partial charge in [0, 0.05) is 21.7 Å². The number of aromatic nitrogens is 1. The van der Waals surface area contributed by atoms with Gasteiger partial charge in [-0.25, -0.2) is 0 Å². The van der Waals surface area contributed by atoms with Crippen molar-refractivity contribution in [2.24, 2.45) is 0 Å². The van der Waals surface area contributed by atoms with Crippen LogP contribution in [0.4, 0.5) is 5.69 Å². The van der Waals surface area contributed by atoms with E-state index >= 15 is 0 Å². The van der Waals surface area contributed by atoms with Crippen molar-refractivity contribution in [2.45, 2.75) is 0 Å². The molecule has 0 aliphatic rings. The molecule has 1 aromatic heterocycles. The molecule has 0 aliphatic carbocycles. The number of anilines is 1. The molecule has 1 heterocycles. The maximum atomic E-state index is 5.85. The molecule has 0 amide bonds. The van der Waals surface area contributed by atoms with Gasteiger partial charge in [-0.05, 0) is 35.8 Å². The second kappa shape index (κ2) is 3.36. The number of hydrogen-bond donors (Lipinski definition) is 1. The Morgan fingerprint density at radius 1 is 1.31 bits per heavy atom. The van der Waals surface area contributed by atoms with E-state index in [9.17, 15) is 0 Å². The Labute approximate surface area is 85.1 Å². The van der Waals surface area contributed by atoms with Crippen LogP contribution in [0.15, 0.2) is 29.6 Å². The molecule has 2 rings (SSSR count). The van der Waals surface area contributed by atoms with E-state index in [0.29, 0.717) is 10.7 Å². The van der Waals surface area contributed by atoms with Gasteiger partial charge in [0.15, 0.2) is 0 Å². The van der Waals surface area contributed by atoms with Crippen molar-refractivity contribution in [2.75, 3.05) is 5.73 Å². The Kier molecular flexibility index (Phi) is 2.20. The number of nitrogens with zero attached hydrogens (tertiary/aromatic N) is 1. The normalized spacial score (nSPS) is 10.2. The molecule has 0 spiro atoms. The van der Waals surface area contributed by atoms with Crippen molar-refractivity contribution in [1.29, 1.82) is 0 Å². The summed E-state index contributed by atoms with van der Waals surface area (Å²) in [5, 5.41) is 2.59. The third kappa shape index (κ3) is 1.66. The maximum Gasteiger partial charge on any atom is 0.0861 e. The van der Waals surface area contributed by atoms with Crippen molar-refractivity contribution in [3.8, 4) is 11.3 Å². The first-order valence-corrected chi connectivity index (χ1v) is 4.94. The van der Waals surface area contributed by atoms with E-state index < -0.39 is 0 Å². The van der Waals surface area contributed by atoms with Crippen LogP contribution in [-0.4, -0.2) is 4.37 Å². The van der Waals surface area contributed by atoms with Crippen LogP contribution in [0.1, 0.15) is 0 Å². The predicted molar refractivity (Wildman–Crippen MR) is 57.0 cm³/mol. The highest BCUT2D eigenvalue weighted by molar-refractivity contribution is 7.03. The van der Waals surface area contributed by atoms with E-state index in [1.807, 2.05) is 17.5 Å². The van der Waals surface area contributed by atoms with Crippen molar-refractivity contribution in [1.82, 2.24) is 4.37 Å². The van der Waals surface area contributed by atoms with Gasteiger partial charge in [-0.15, -0.1) is 0 Å². The number of benzene rings is 1. The molecule has 0 aliphatic heterocycles. The average molecular weight is 211 g/mol. The van der Waals surface area contributed by atoms with Crippen molar-refractivity contribution < 1.29 is 0 Å². The van der Waals surface area contributed by atoms with Crippen LogP contribution < -0.4 is 5.73 Å². The van der Waals surface area contributed by atoms with Crippen LogP contribution in [0.2, 0.25) is 5.02 Å². The van der Waals surface area contributed by atoms with Crippen molar-refractivity contribution in [3.05, 3.63) is 34.7 Å². The highest BCUT2D eigenvalue weighted by Gasteiger charge is 2.04. The largest absolute Gasteiger partial charge is 0.398 e. The third-order valence-corrected chi connectivity index (χ3v) is 2.52. The molecule has 2 nitrogen and oxygen atoms in total. The number of nitrogens with two attached hydrogens (primary N) is 1. The predicted octanol–water partition coefficient (Wildman–Crippen LogP) is 3.05. The first-order valence-electron chi connectivity index (χ1n) is 3.73. The molecule has 0 radical (unpaired) electrons. The highest BCUT2D eigenvalue weighted by atomic mass is 35.5. The quantitative estimate of drug-likeness (QED) is 0.735. The van der Waals surface area contributed by atoms with Gasteiger partial charge in [0.2, 0.25) is 0 Å². The van der Waals surface area contributed by atoms with Crippen LogP contribution >= 0.6 is 23.1 Å². The van der Waals surface area contributed by atoms with E-state index in [0.717, 1.165) is 11.3 Å². The summed E-state index contributed by atoms with van der Waals surface area (Å²) in [4.78, 5) is 0. The van der Waals surface area contributed by atoms with Gasteiger partial charge >= 0.3 is 0 Å². The lowest BCUT2D eigenvalue weighted by molar-refractivity contribution is 1.52. The van der Waals surface area contributed by atoms with Gasteiger partial charge in [0.05, 0.1) is 5.69 Å². The lowest BCUT2D eigenvalue weighted by Crippen LogP contribution is -1.89. The summed E-state index contributed by atoms with van der Waals surface area (Å²) in [7, 11) is 0. The van der Waals surface area contributed by atoms with Gasteiger partial charge < -0.3 is 5.73 Å². The molecular weight excluding hydrogens is 204 g/mol. The minimum absolute atomic E-state index is 0.678. The molecule has 2 N–H and O–H groups in total. The van der Waals surface area contributed by atoms with Crippen LogP contribution in [-0.2, 0) is 0 Å². The molecule has 2 aromatic rings. The van der Waals surface area contributed by atoms with Gasteiger partial charge in [-0.1, -0.05) is 11.6 Å². The Bertz CT molecular complexity index is 412. The molecule has 0 saturated heterocycles. The molecule has 0 unspecified atom stereocenters. The Morgan fingerprint density at radius 2 is 2.15 bits per heavy atom. The van der Waals surface area contributed by atoms with Gasteiger partial charge in [0.1, 0.15) is 0 Å². The lowest BCUT2D eigenvalue weighted by atomic mass is 10.1. The van der Waals surface area contributed by atoms with Crippen LogP contribution in [0, 0.1) is 0 Å².